The van der Waals surface area contributed by atoms with Crippen LogP contribution in [0.4, 0.5) is 0 Å². The summed E-state index contributed by atoms with van der Waals surface area (Å²) in [6.45, 7) is 6.20. The highest BCUT2D eigenvalue weighted by Crippen LogP contribution is 2.24. The van der Waals surface area contributed by atoms with E-state index < -0.39 is 0 Å². The SMILES string of the molecule is CC1C/C=C(\N2CCN(C)CC2)C(=N)C(=N)C(Br)C1. The molecule has 1 saturated heterocycles. The third-order valence-corrected chi connectivity index (χ3v) is 4.84. The Morgan fingerprint density at radius 1 is 1.21 bits per heavy atom. The maximum Gasteiger partial charge on any atom is 0.0989 e. The maximum atomic E-state index is 8.29. The van der Waals surface area contributed by atoms with Gasteiger partial charge in [0.15, 0.2) is 0 Å². The number of allylic oxidation sites excluding steroid dienone is 2. The van der Waals surface area contributed by atoms with Gasteiger partial charge in [-0.05, 0) is 25.8 Å². The van der Waals surface area contributed by atoms with Gasteiger partial charge in [-0.2, -0.15) is 0 Å². The molecule has 19 heavy (non-hydrogen) atoms. The Balaban J connectivity index is 2.18. The lowest BCUT2D eigenvalue weighted by molar-refractivity contribution is 0.192. The second kappa shape index (κ2) is 6.18. The summed E-state index contributed by atoms with van der Waals surface area (Å²) in [6.07, 6.45) is 4.11. The van der Waals surface area contributed by atoms with Gasteiger partial charge in [0, 0.05) is 26.2 Å². The van der Waals surface area contributed by atoms with Gasteiger partial charge in [-0.25, -0.2) is 0 Å². The average molecular weight is 327 g/mol. The molecule has 1 heterocycles. The first kappa shape index (κ1) is 14.7. The molecule has 1 aliphatic heterocycles. The molecule has 0 bridgehead atoms. The van der Waals surface area contributed by atoms with Crippen LogP contribution in [0.2, 0.25) is 0 Å². The van der Waals surface area contributed by atoms with Crippen LogP contribution < -0.4 is 0 Å². The van der Waals surface area contributed by atoms with Crippen LogP contribution in [0.3, 0.4) is 0 Å². The number of piperazine rings is 1. The molecule has 2 N–H and O–H groups in total. The molecule has 0 aromatic heterocycles. The van der Waals surface area contributed by atoms with Crippen molar-refractivity contribution >= 4 is 27.4 Å². The first-order valence-corrected chi connectivity index (χ1v) is 7.86. The highest BCUT2D eigenvalue weighted by Gasteiger charge is 2.27. The smallest absolute Gasteiger partial charge is 0.0989 e. The fourth-order valence-electron chi connectivity index (χ4n) is 2.61. The van der Waals surface area contributed by atoms with E-state index in [-0.39, 0.29) is 4.83 Å². The lowest BCUT2D eigenvalue weighted by atomic mass is 9.92. The molecule has 0 spiro atoms. The summed E-state index contributed by atoms with van der Waals surface area (Å²) in [7, 11) is 2.13. The van der Waals surface area contributed by atoms with E-state index in [4.69, 9.17) is 10.8 Å². The Morgan fingerprint density at radius 2 is 1.84 bits per heavy atom. The number of hydrogen-bond acceptors (Lipinski definition) is 4. The van der Waals surface area contributed by atoms with Gasteiger partial charge in [-0.3, -0.25) is 5.41 Å². The molecule has 0 amide bonds. The van der Waals surface area contributed by atoms with Crippen LogP contribution in [0.5, 0.6) is 0 Å². The van der Waals surface area contributed by atoms with Gasteiger partial charge < -0.3 is 15.2 Å². The van der Waals surface area contributed by atoms with Crippen molar-refractivity contribution in [3.05, 3.63) is 11.8 Å². The number of halogens is 1. The summed E-state index contributed by atoms with van der Waals surface area (Å²) in [5, 5.41) is 16.5. The van der Waals surface area contributed by atoms with Crippen LogP contribution in [0.15, 0.2) is 11.8 Å². The van der Waals surface area contributed by atoms with Gasteiger partial charge in [0.25, 0.3) is 0 Å². The van der Waals surface area contributed by atoms with E-state index in [0.29, 0.717) is 17.3 Å². The van der Waals surface area contributed by atoms with Crippen LogP contribution in [-0.4, -0.2) is 59.3 Å². The summed E-state index contributed by atoms with van der Waals surface area (Å²) in [5.41, 5.74) is 1.80. The van der Waals surface area contributed by atoms with Crippen molar-refractivity contribution in [1.29, 1.82) is 10.8 Å². The van der Waals surface area contributed by atoms with E-state index in [0.717, 1.165) is 44.7 Å². The monoisotopic (exact) mass is 326 g/mol. The summed E-state index contributed by atoms with van der Waals surface area (Å²) in [5.74, 6) is 0.556. The minimum atomic E-state index is 0.0196. The highest BCUT2D eigenvalue weighted by atomic mass is 79.9. The van der Waals surface area contributed by atoms with E-state index in [1.807, 2.05) is 0 Å². The molecule has 1 fully saturated rings. The predicted molar refractivity (Wildman–Crippen MR) is 83.7 cm³/mol. The molecule has 106 valence electrons. The molecular weight excluding hydrogens is 304 g/mol. The largest absolute Gasteiger partial charge is 0.367 e. The van der Waals surface area contributed by atoms with E-state index in [9.17, 15) is 0 Å². The summed E-state index contributed by atoms with van der Waals surface area (Å²) in [6, 6.07) is 0. The van der Waals surface area contributed by atoms with Crippen molar-refractivity contribution in [2.75, 3.05) is 33.2 Å². The molecule has 4 nitrogen and oxygen atoms in total. The molecule has 2 atom stereocenters. The Bertz CT molecular complexity index is 396. The van der Waals surface area contributed by atoms with Crippen LogP contribution >= 0.6 is 15.9 Å². The fourth-order valence-corrected chi connectivity index (χ4v) is 3.48. The van der Waals surface area contributed by atoms with Gasteiger partial charge in [0.05, 0.1) is 21.9 Å². The lowest BCUT2D eigenvalue weighted by Gasteiger charge is -2.37. The standard InChI is InChI=1S/C14H23BrN4/c1-10-3-4-12(14(17)13(16)11(15)9-10)19-7-5-18(2)6-8-19/h4,10-11,16-17H,3,5-9H2,1-2H3/b12-4-,16-13?,17-14?. The minimum Gasteiger partial charge on any atom is -0.367 e. The lowest BCUT2D eigenvalue weighted by Crippen LogP contribution is -2.46. The van der Waals surface area contributed by atoms with Crippen molar-refractivity contribution in [2.24, 2.45) is 5.92 Å². The molecule has 1 aliphatic carbocycles. The molecule has 2 unspecified atom stereocenters. The zero-order valence-electron chi connectivity index (χ0n) is 11.7. The van der Waals surface area contributed by atoms with Gasteiger partial charge >= 0.3 is 0 Å². The second-order valence-corrected chi connectivity index (χ2v) is 6.82. The first-order chi connectivity index (χ1) is 8.99. The third-order valence-electron chi connectivity index (χ3n) is 4.01. The van der Waals surface area contributed by atoms with Crippen molar-refractivity contribution in [1.82, 2.24) is 9.80 Å². The summed E-state index contributed by atoms with van der Waals surface area (Å²) in [4.78, 5) is 4.60. The first-order valence-electron chi connectivity index (χ1n) is 6.94. The Morgan fingerprint density at radius 3 is 2.47 bits per heavy atom. The second-order valence-electron chi connectivity index (χ2n) is 5.71. The fraction of sp³-hybridized carbons (Fsp3) is 0.714. The molecule has 2 aliphatic rings. The third kappa shape index (κ3) is 3.45. The topological polar surface area (TPSA) is 54.2 Å². The van der Waals surface area contributed by atoms with Crippen LogP contribution in [0, 0.1) is 16.7 Å². The quantitative estimate of drug-likeness (QED) is 0.727. The van der Waals surface area contributed by atoms with Gasteiger partial charge in [0.1, 0.15) is 0 Å². The zero-order chi connectivity index (χ0) is 14.0. The van der Waals surface area contributed by atoms with E-state index in [1.54, 1.807) is 0 Å². The Hall–Kier alpha value is -0.680. The van der Waals surface area contributed by atoms with Crippen molar-refractivity contribution in [2.45, 2.75) is 24.6 Å². The number of hydrogen-bond donors (Lipinski definition) is 2. The molecule has 0 saturated carbocycles. The molecule has 0 aromatic rings. The van der Waals surface area contributed by atoms with Crippen molar-refractivity contribution in [3.63, 3.8) is 0 Å². The van der Waals surface area contributed by atoms with Crippen LogP contribution in [0.25, 0.3) is 0 Å². The molecule has 2 rings (SSSR count). The number of nitrogens with zero attached hydrogens (tertiary/aromatic N) is 2. The van der Waals surface area contributed by atoms with Gasteiger partial charge in [-0.1, -0.05) is 28.9 Å². The van der Waals surface area contributed by atoms with E-state index in [2.05, 4.69) is 45.8 Å². The molecule has 0 radical (unpaired) electrons. The maximum absolute atomic E-state index is 8.29. The zero-order valence-corrected chi connectivity index (χ0v) is 13.3. The molecule has 5 heteroatoms. The normalized spacial score (nSPS) is 33.6. The average Bonchev–Trinajstić information content (AvgIpc) is 2.38. The van der Waals surface area contributed by atoms with Crippen molar-refractivity contribution in [3.8, 4) is 0 Å². The number of likely N-dealkylation sites (N-methyl/N-ethyl adjacent to an activating group) is 1. The van der Waals surface area contributed by atoms with Crippen LogP contribution in [-0.2, 0) is 0 Å². The number of nitrogens with one attached hydrogen (secondary N) is 2. The molecule has 0 aromatic carbocycles. The Labute approximate surface area is 124 Å². The van der Waals surface area contributed by atoms with E-state index >= 15 is 0 Å². The van der Waals surface area contributed by atoms with Gasteiger partial charge in [-0.15, -0.1) is 0 Å². The van der Waals surface area contributed by atoms with E-state index in [1.165, 1.54) is 0 Å². The minimum absolute atomic E-state index is 0.0196. The van der Waals surface area contributed by atoms with Crippen LogP contribution in [0.1, 0.15) is 19.8 Å². The highest BCUT2D eigenvalue weighted by molar-refractivity contribution is 9.10. The summed E-state index contributed by atoms with van der Waals surface area (Å²) < 4.78 is 0. The Kier molecular flexibility index (Phi) is 4.79. The summed E-state index contributed by atoms with van der Waals surface area (Å²) >= 11 is 3.56. The predicted octanol–water partition coefficient (Wildman–Crippen LogP) is 2.35. The number of rotatable bonds is 1. The van der Waals surface area contributed by atoms with Gasteiger partial charge in [0.2, 0.25) is 0 Å². The molecular formula is C14H23BrN4. The van der Waals surface area contributed by atoms with Crippen molar-refractivity contribution < 1.29 is 0 Å². The number of alkyl halides is 1.